The first-order valence-electron chi connectivity index (χ1n) is 6.82. The van der Waals surface area contributed by atoms with Crippen LogP contribution in [0.1, 0.15) is 43.6 Å². The fourth-order valence-electron chi connectivity index (χ4n) is 2.22. The van der Waals surface area contributed by atoms with Crippen molar-refractivity contribution in [3.63, 3.8) is 0 Å². The van der Waals surface area contributed by atoms with Crippen molar-refractivity contribution < 1.29 is 9.53 Å². The van der Waals surface area contributed by atoms with E-state index in [1.54, 1.807) is 25.4 Å². The van der Waals surface area contributed by atoms with Crippen molar-refractivity contribution in [3.8, 4) is 5.75 Å². The molecule has 1 unspecified atom stereocenters. The number of nitrogens with zero attached hydrogens (tertiary/aromatic N) is 1. The second-order valence-electron chi connectivity index (χ2n) is 5.10. The van der Waals surface area contributed by atoms with Crippen molar-refractivity contribution >= 4 is 5.78 Å². The Bertz CT molecular complexity index is 405. The number of aromatic nitrogens is 1. The number of hydrogen-bond donors (Lipinski definition) is 1. The van der Waals surface area contributed by atoms with Gasteiger partial charge in [-0.15, -0.1) is 0 Å². The van der Waals surface area contributed by atoms with Gasteiger partial charge in [-0.25, -0.2) is 4.98 Å². The van der Waals surface area contributed by atoms with Crippen LogP contribution >= 0.6 is 0 Å². The van der Waals surface area contributed by atoms with Gasteiger partial charge >= 0.3 is 0 Å². The summed E-state index contributed by atoms with van der Waals surface area (Å²) in [5.41, 5.74) is 6.04. The summed E-state index contributed by atoms with van der Waals surface area (Å²) >= 11 is 0. The highest BCUT2D eigenvalue weighted by molar-refractivity contribution is 5.96. The van der Waals surface area contributed by atoms with Gasteiger partial charge in [0.25, 0.3) is 0 Å². The van der Waals surface area contributed by atoms with Crippen LogP contribution in [0.3, 0.4) is 0 Å². The predicted molar refractivity (Wildman–Crippen MR) is 76.4 cm³/mol. The zero-order chi connectivity index (χ0) is 14.3. The van der Waals surface area contributed by atoms with E-state index >= 15 is 0 Å². The number of methoxy groups -OCH3 is 1. The number of pyridine rings is 1. The molecule has 0 amide bonds. The van der Waals surface area contributed by atoms with Crippen LogP contribution in [0, 0.1) is 11.8 Å². The lowest BCUT2D eigenvalue weighted by Crippen LogP contribution is -2.16. The zero-order valence-corrected chi connectivity index (χ0v) is 12.1. The molecule has 0 spiro atoms. The van der Waals surface area contributed by atoms with Gasteiger partial charge in [-0.3, -0.25) is 4.79 Å². The molecule has 1 aromatic rings. The van der Waals surface area contributed by atoms with E-state index in [1.807, 2.05) is 0 Å². The van der Waals surface area contributed by atoms with Crippen molar-refractivity contribution in [1.82, 2.24) is 4.98 Å². The molecule has 1 aromatic heterocycles. The van der Waals surface area contributed by atoms with Gasteiger partial charge in [0, 0.05) is 12.6 Å². The Balaban J connectivity index is 2.64. The summed E-state index contributed by atoms with van der Waals surface area (Å²) in [5.74, 6) is 1.62. The van der Waals surface area contributed by atoms with Gasteiger partial charge in [0.2, 0.25) is 0 Å². The molecule has 106 valence electrons. The topological polar surface area (TPSA) is 65.2 Å². The van der Waals surface area contributed by atoms with Crippen LogP contribution < -0.4 is 10.5 Å². The molecule has 0 aromatic carbocycles. The van der Waals surface area contributed by atoms with Gasteiger partial charge in [0.1, 0.15) is 11.4 Å². The number of Topliss-reactive ketones (excluding diaryl/α,β-unsaturated/α-hetero) is 1. The largest absolute Gasteiger partial charge is 0.494 e. The molecular weight excluding hydrogens is 240 g/mol. The molecule has 19 heavy (non-hydrogen) atoms. The highest BCUT2D eigenvalue weighted by Gasteiger charge is 2.18. The molecule has 1 heterocycles. The highest BCUT2D eigenvalue weighted by Crippen LogP contribution is 2.23. The maximum atomic E-state index is 12.2. The number of ether oxygens (including phenoxy) is 1. The minimum atomic E-state index is 0.0418. The van der Waals surface area contributed by atoms with Crippen LogP contribution in [-0.2, 0) is 0 Å². The molecule has 2 N–H and O–H groups in total. The Labute approximate surface area is 115 Å². The van der Waals surface area contributed by atoms with Crippen molar-refractivity contribution in [3.05, 3.63) is 24.0 Å². The number of carbonyl (C=O) groups excluding carboxylic acids is 1. The van der Waals surface area contributed by atoms with Crippen molar-refractivity contribution in [2.45, 2.75) is 33.1 Å². The van der Waals surface area contributed by atoms with Gasteiger partial charge in [-0.05, 0) is 43.4 Å². The second-order valence-corrected chi connectivity index (χ2v) is 5.10. The summed E-state index contributed by atoms with van der Waals surface area (Å²) in [6.45, 7) is 5.02. The molecule has 0 bridgehead atoms. The highest BCUT2D eigenvalue weighted by atomic mass is 16.5. The summed E-state index contributed by atoms with van der Waals surface area (Å²) < 4.78 is 5.16. The maximum Gasteiger partial charge on any atom is 0.184 e. The lowest BCUT2D eigenvalue weighted by Gasteiger charge is -2.19. The second kappa shape index (κ2) is 7.89. The van der Waals surface area contributed by atoms with Crippen molar-refractivity contribution in [2.24, 2.45) is 17.6 Å². The number of rotatable bonds is 8. The summed E-state index contributed by atoms with van der Waals surface area (Å²) in [4.78, 5) is 16.3. The van der Waals surface area contributed by atoms with E-state index in [-0.39, 0.29) is 5.78 Å². The predicted octanol–water partition coefficient (Wildman–Crippen LogP) is 2.67. The van der Waals surface area contributed by atoms with E-state index in [9.17, 15) is 4.79 Å². The maximum absolute atomic E-state index is 12.2. The first kappa shape index (κ1) is 15.6. The third-order valence-corrected chi connectivity index (χ3v) is 3.48. The average molecular weight is 264 g/mol. The van der Waals surface area contributed by atoms with Crippen LogP contribution in [0.5, 0.6) is 5.75 Å². The van der Waals surface area contributed by atoms with Gasteiger partial charge in [0.15, 0.2) is 5.78 Å². The Hall–Kier alpha value is -1.42. The quantitative estimate of drug-likeness (QED) is 0.733. The molecule has 0 fully saturated rings. The molecule has 1 rings (SSSR count). The molecule has 4 heteroatoms. The number of carbonyl (C=O) groups is 1. The van der Waals surface area contributed by atoms with Gasteiger partial charge < -0.3 is 10.5 Å². The standard InChI is InChI=1S/C15H24N2O2/c1-11(2)12(8-9-16)6-7-13(18)15-14(19-3)5-4-10-17-15/h4-5,10-12H,6-9,16H2,1-3H3. The summed E-state index contributed by atoms with van der Waals surface area (Å²) in [6, 6.07) is 3.53. The summed E-state index contributed by atoms with van der Waals surface area (Å²) in [6.07, 6.45) is 3.93. The van der Waals surface area contributed by atoms with Crippen LogP contribution in [0.25, 0.3) is 0 Å². The van der Waals surface area contributed by atoms with Crippen LogP contribution in [-0.4, -0.2) is 24.4 Å². The average Bonchev–Trinajstić information content (AvgIpc) is 2.42. The molecule has 0 saturated heterocycles. The minimum Gasteiger partial charge on any atom is -0.494 e. The molecule has 4 nitrogen and oxygen atoms in total. The number of nitrogens with two attached hydrogens (primary N) is 1. The van der Waals surface area contributed by atoms with E-state index in [0.717, 1.165) is 12.8 Å². The molecule has 0 aliphatic rings. The third kappa shape index (κ3) is 4.63. The van der Waals surface area contributed by atoms with E-state index in [1.165, 1.54) is 0 Å². The van der Waals surface area contributed by atoms with Crippen LogP contribution in [0.2, 0.25) is 0 Å². The normalized spacial score (nSPS) is 12.5. The molecule has 1 atom stereocenters. The molecule has 0 aliphatic heterocycles. The Morgan fingerprint density at radius 2 is 2.16 bits per heavy atom. The Kier molecular flexibility index (Phi) is 6.50. The Morgan fingerprint density at radius 3 is 2.74 bits per heavy atom. The van der Waals surface area contributed by atoms with Crippen LogP contribution in [0.4, 0.5) is 0 Å². The minimum absolute atomic E-state index is 0.0418. The zero-order valence-electron chi connectivity index (χ0n) is 12.1. The van der Waals surface area contributed by atoms with E-state index < -0.39 is 0 Å². The van der Waals surface area contributed by atoms with Gasteiger partial charge in [-0.1, -0.05) is 13.8 Å². The van der Waals surface area contributed by atoms with Crippen LogP contribution in [0.15, 0.2) is 18.3 Å². The smallest absolute Gasteiger partial charge is 0.184 e. The van der Waals surface area contributed by atoms with Gasteiger partial charge in [-0.2, -0.15) is 0 Å². The van der Waals surface area contributed by atoms with Crippen molar-refractivity contribution in [1.29, 1.82) is 0 Å². The molecular formula is C15H24N2O2. The first-order chi connectivity index (χ1) is 9.10. The number of ketones is 1. The van der Waals surface area contributed by atoms with E-state index in [4.69, 9.17) is 10.5 Å². The van der Waals surface area contributed by atoms with Crippen molar-refractivity contribution in [2.75, 3.05) is 13.7 Å². The summed E-state index contributed by atoms with van der Waals surface area (Å²) in [7, 11) is 1.55. The summed E-state index contributed by atoms with van der Waals surface area (Å²) in [5, 5.41) is 0. The fourth-order valence-corrected chi connectivity index (χ4v) is 2.22. The van der Waals surface area contributed by atoms with E-state index in [2.05, 4.69) is 18.8 Å². The molecule has 0 radical (unpaired) electrons. The molecule has 0 saturated carbocycles. The van der Waals surface area contributed by atoms with Gasteiger partial charge in [0.05, 0.1) is 7.11 Å². The number of hydrogen-bond acceptors (Lipinski definition) is 4. The monoisotopic (exact) mass is 264 g/mol. The fraction of sp³-hybridized carbons (Fsp3) is 0.600. The SMILES string of the molecule is COc1cccnc1C(=O)CCC(CCN)C(C)C. The lowest BCUT2D eigenvalue weighted by molar-refractivity contribution is 0.0961. The first-order valence-corrected chi connectivity index (χ1v) is 6.82. The lowest BCUT2D eigenvalue weighted by atomic mass is 9.87. The van der Waals surface area contributed by atoms with E-state index in [0.29, 0.717) is 36.2 Å². The third-order valence-electron chi connectivity index (χ3n) is 3.48. The Morgan fingerprint density at radius 1 is 1.42 bits per heavy atom. The molecule has 0 aliphatic carbocycles.